The molecule has 0 saturated carbocycles. The molecule has 0 aliphatic rings. The maximum absolute atomic E-state index is 12.4. The van der Waals surface area contributed by atoms with Crippen LogP contribution in [0.15, 0.2) is 29.1 Å². The van der Waals surface area contributed by atoms with E-state index in [1.54, 1.807) is 31.2 Å². The molecule has 0 spiro atoms. The van der Waals surface area contributed by atoms with Gasteiger partial charge in [-0.15, -0.1) is 5.10 Å². The first kappa shape index (κ1) is 16.0. The number of ether oxygens (including phenoxy) is 1. The zero-order valence-corrected chi connectivity index (χ0v) is 12.9. The van der Waals surface area contributed by atoms with Crippen LogP contribution in [0.3, 0.4) is 0 Å². The number of rotatable bonds is 3. The Morgan fingerprint density at radius 2 is 2.00 bits per heavy atom. The molecule has 0 fully saturated rings. The highest BCUT2D eigenvalue weighted by Crippen LogP contribution is 2.17. The molecular formula is C15H15N5O3. The lowest BCUT2D eigenvalue weighted by molar-refractivity contribution is 0.254. The fourth-order valence-electron chi connectivity index (χ4n) is 1.92. The molecule has 0 unspecified atom stereocenters. The van der Waals surface area contributed by atoms with Crippen molar-refractivity contribution in [1.29, 1.82) is 5.26 Å². The number of nitrogens with one attached hydrogen (secondary N) is 2. The van der Waals surface area contributed by atoms with Crippen LogP contribution in [-0.4, -0.2) is 30.0 Å². The zero-order valence-electron chi connectivity index (χ0n) is 12.9. The summed E-state index contributed by atoms with van der Waals surface area (Å²) in [6, 6.07) is 7.96. The minimum absolute atomic E-state index is 0.0813. The van der Waals surface area contributed by atoms with E-state index in [1.807, 2.05) is 6.07 Å². The standard InChI is InChI=1S/C15H15N5O3/c1-9-12(8-16)14(21)20(19-13(9)18-15(22)17-2)10-4-6-11(23-3)7-5-10/h4-7H,1-3H3,(H2,17,18,19,22). The van der Waals surface area contributed by atoms with Gasteiger partial charge in [-0.1, -0.05) is 0 Å². The highest BCUT2D eigenvalue weighted by atomic mass is 16.5. The monoisotopic (exact) mass is 313 g/mol. The lowest BCUT2D eigenvalue weighted by atomic mass is 10.2. The second kappa shape index (κ2) is 6.62. The van der Waals surface area contributed by atoms with E-state index >= 15 is 0 Å². The Hall–Kier alpha value is -3.34. The number of hydrogen-bond acceptors (Lipinski definition) is 5. The summed E-state index contributed by atoms with van der Waals surface area (Å²) in [5.41, 5.74) is 0.123. The van der Waals surface area contributed by atoms with E-state index in [0.29, 0.717) is 17.0 Å². The number of aromatic nitrogens is 2. The van der Waals surface area contributed by atoms with E-state index < -0.39 is 11.6 Å². The average Bonchev–Trinajstić information content (AvgIpc) is 2.58. The van der Waals surface area contributed by atoms with E-state index in [-0.39, 0.29) is 11.4 Å². The van der Waals surface area contributed by atoms with Gasteiger partial charge in [0.15, 0.2) is 5.82 Å². The molecular weight excluding hydrogens is 298 g/mol. The fraction of sp³-hybridized carbons (Fsp3) is 0.200. The molecule has 118 valence electrons. The number of anilines is 1. The summed E-state index contributed by atoms with van der Waals surface area (Å²) in [6.45, 7) is 1.55. The van der Waals surface area contributed by atoms with Crippen molar-refractivity contribution in [3.05, 3.63) is 45.7 Å². The van der Waals surface area contributed by atoms with Crippen molar-refractivity contribution in [3.63, 3.8) is 0 Å². The van der Waals surface area contributed by atoms with Crippen molar-refractivity contribution in [3.8, 4) is 17.5 Å². The number of methoxy groups -OCH3 is 1. The van der Waals surface area contributed by atoms with Crippen molar-refractivity contribution < 1.29 is 9.53 Å². The zero-order chi connectivity index (χ0) is 17.0. The summed E-state index contributed by atoms with van der Waals surface area (Å²) in [7, 11) is 2.99. The SMILES string of the molecule is CNC(=O)Nc1nn(-c2ccc(OC)cc2)c(=O)c(C#N)c1C. The largest absolute Gasteiger partial charge is 0.497 e. The summed E-state index contributed by atoms with van der Waals surface area (Å²) in [6.07, 6.45) is 0. The molecule has 2 rings (SSSR count). The molecule has 23 heavy (non-hydrogen) atoms. The Labute approximate surface area is 132 Å². The molecule has 0 aliphatic heterocycles. The van der Waals surface area contributed by atoms with E-state index in [1.165, 1.54) is 14.2 Å². The maximum atomic E-state index is 12.4. The molecule has 8 heteroatoms. The average molecular weight is 313 g/mol. The first-order valence-corrected chi connectivity index (χ1v) is 6.69. The third kappa shape index (κ3) is 3.13. The van der Waals surface area contributed by atoms with Gasteiger partial charge >= 0.3 is 6.03 Å². The second-order valence-electron chi connectivity index (χ2n) is 4.58. The molecule has 2 N–H and O–H groups in total. The molecule has 0 bridgehead atoms. The number of carbonyl (C=O) groups excluding carboxylic acids is 1. The summed E-state index contributed by atoms with van der Waals surface area (Å²) < 4.78 is 6.13. The molecule has 2 aromatic rings. The highest BCUT2D eigenvalue weighted by molar-refractivity contribution is 5.88. The molecule has 1 aromatic carbocycles. The first-order valence-electron chi connectivity index (χ1n) is 6.69. The van der Waals surface area contributed by atoms with E-state index in [2.05, 4.69) is 15.7 Å². The number of hydrogen-bond donors (Lipinski definition) is 2. The van der Waals surface area contributed by atoms with Crippen LogP contribution in [0.25, 0.3) is 5.69 Å². The molecule has 1 aromatic heterocycles. The minimum Gasteiger partial charge on any atom is -0.497 e. The van der Waals surface area contributed by atoms with Crippen molar-refractivity contribution in [2.75, 3.05) is 19.5 Å². The molecule has 1 heterocycles. The van der Waals surface area contributed by atoms with Crippen LogP contribution in [0.2, 0.25) is 0 Å². The topological polar surface area (TPSA) is 109 Å². The first-order chi connectivity index (χ1) is 11.0. The highest BCUT2D eigenvalue weighted by Gasteiger charge is 2.16. The van der Waals surface area contributed by atoms with Gasteiger partial charge in [-0.25, -0.2) is 4.79 Å². The molecule has 0 saturated heterocycles. The molecule has 0 atom stereocenters. The Morgan fingerprint density at radius 3 is 2.52 bits per heavy atom. The normalized spacial score (nSPS) is 9.83. The lowest BCUT2D eigenvalue weighted by Gasteiger charge is -2.12. The van der Waals surface area contributed by atoms with Gasteiger partial charge < -0.3 is 10.1 Å². The van der Waals surface area contributed by atoms with E-state index in [9.17, 15) is 14.9 Å². The van der Waals surface area contributed by atoms with Crippen LogP contribution in [-0.2, 0) is 0 Å². The minimum atomic E-state index is -0.558. The van der Waals surface area contributed by atoms with Crippen LogP contribution in [0, 0.1) is 18.3 Å². The Balaban J connectivity index is 2.62. The number of nitriles is 1. The van der Waals surface area contributed by atoms with Crippen LogP contribution in [0.1, 0.15) is 11.1 Å². The van der Waals surface area contributed by atoms with Crippen molar-refractivity contribution >= 4 is 11.8 Å². The van der Waals surface area contributed by atoms with E-state index in [4.69, 9.17) is 4.74 Å². The summed E-state index contributed by atoms with van der Waals surface area (Å²) in [5.74, 6) is 0.759. The second-order valence-corrected chi connectivity index (χ2v) is 4.58. The Kier molecular flexibility index (Phi) is 4.61. The summed E-state index contributed by atoms with van der Waals surface area (Å²) in [5, 5.41) is 18.3. The quantitative estimate of drug-likeness (QED) is 0.884. The number of nitrogens with zero attached hydrogens (tertiary/aromatic N) is 3. The molecule has 8 nitrogen and oxygen atoms in total. The fourth-order valence-corrected chi connectivity index (χ4v) is 1.92. The number of benzene rings is 1. The van der Waals surface area contributed by atoms with Crippen molar-refractivity contribution in [1.82, 2.24) is 15.1 Å². The summed E-state index contributed by atoms with van der Waals surface area (Å²) in [4.78, 5) is 23.9. The summed E-state index contributed by atoms with van der Waals surface area (Å²) >= 11 is 0. The van der Waals surface area contributed by atoms with Crippen LogP contribution < -0.4 is 20.9 Å². The van der Waals surface area contributed by atoms with Crippen molar-refractivity contribution in [2.45, 2.75) is 6.92 Å². The number of amides is 2. The van der Waals surface area contributed by atoms with Gasteiger partial charge in [0.05, 0.1) is 12.8 Å². The van der Waals surface area contributed by atoms with E-state index in [0.717, 1.165) is 4.68 Å². The lowest BCUT2D eigenvalue weighted by Crippen LogP contribution is -2.30. The third-order valence-electron chi connectivity index (χ3n) is 3.22. The van der Waals surface area contributed by atoms with Crippen molar-refractivity contribution in [2.24, 2.45) is 0 Å². The van der Waals surface area contributed by atoms with Gasteiger partial charge in [0.25, 0.3) is 5.56 Å². The van der Waals surface area contributed by atoms with Crippen LogP contribution in [0.5, 0.6) is 5.75 Å². The smallest absolute Gasteiger partial charge is 0.320 e. The van der Waals surface area contributed by atoms with Crippen LogP contribution >= 0.6 is 0 Å². The Bertz CT molecular complexity index is 834. The number of carbonyl (C=O) groups is 1. The van der Waals surface area contributed by atoms with Gasteiger partial charge in [0.2, 0.25) is 0 Å². The van der Waals surface area contributed by atoms with Gasteiger partial charge in [-0.05, 0) is 31.2 Å². The predicted octanol–water partition coefficient (Wildman–Crippen LogP) is 1.17. The number of urea groups is 1. The molecule has 0 aliphatic carbocycles. The van der Waals surface area contributed by atoms with Gasteiger partial charge in [-0.2, -0.15) is 9.94 Å². The van der Waals surface area contributed by atoms with Gasteiger partial charge in [-0.3, -0.25) is 10.1 Å². The van der Waals surface area contributed by atoms with Crippen LogP contribution in [0.4, 0.5) is 10.6 Å². The van der Waals surface area contributed by atoms with Gasteiger partial charge in [0, 0.05) is 12.6 Å². The Morgan fingerprint density at radius 1 is 1.35 bits per heavy atom. The van der Waals surface area contributed by atoms with Gasteiger partial charge in [0.1, 0.15) is 17.4 Å². The molecule has 2 amide bonds. The third-order valence-corrected chi connectivity index (χ3v) is 3.22. The predicted molar refractivity (Wildman–Crippen MR) is 83.9 cm³/mol. The molecule has 0 radical (unpaired) electrons. The maximum Gasteiger partial charge on any atom is 0.320 e.